The zero-order valence-electron chi connectivity index (χ0n) is 11.6. The third kappa shape index (κ3) is 4.54. The van der Waals surface area contributed by atoms with Crippen LogP contribution in [0.15, 0.2) is 45.1 Å². The maximum absolute atomic E-state index is 12.1. The maximum Gasteiger partial charge on any atom is 0.321 e. The quantitative estimate of drug-likeness (QED) is 0.821. The lowest BCUT2D eigenvalue weighted by molar-refractivity contribution is 0.221. The topological polar surface area (TPSA) is 92.5 Å². The Morgan fingerprint density at radius 1 is 1.27 bits per heavy atom. The van der Waals surface area contributed by atoms with E-state index in [1.54, 1.807) is 18.4 Å². The van der Waals surface area contributed by atoms with Gasteiger partial charge in [-0.05, 0) is 52.3 Å². The zero-order chi connectivity index (χ0) is 16.3. The zero-order valence-corrected chi connectivity index (χ0v) is 14.8. The standard InChI is InChI=1S/C13H14BrN3O3S2/c1-17(8-10-4-7-12(14)21-10)13(18)16-9-2-5-11(6-3-9)22(15,19)20/h2-7H,8H2,1H3,(H,16,18)(H2,15,19,20). The van der Waals surface area contributed by atoms with Crippen LogP contribution in [0.1, 0.15) is 4.88 Å². The van der Waals surface area contributed by atoms with Crippen molar-refractivity contribution in [1.29, 1.82) is 0 Å². The highest BCUT2D eigenvalue weighted by atomic mass is 79.9. The molecule has 1 aromatic carbocycles. The number of carbonyl (C=O) groups excluding carboxylic acids is 1. The lowest BCUT2D eigenvalue weighted by atomic mass is 10.3. The first-order valence-corrected chi connectivity index (χ1v) is 9.30. The van der Waals surface area contributed by atoms with Crippen molar-refractivity contribution in [3.63, 3.8) is 0 Å². The number of amides is 2. The average Bonchev–Trinajstić information content (AvgIpc) is 2.83. The first-order valence-electron chi connectivity index (χ1n) is 6.15. The molecular formula is C13H14BrN3O3S2. The van der Waals surface area contributed by atoms with E-state index >= 15 is 0 Å². The normalized spacial score (nSPS) is 11.2. The second kappa shape index (κ2) is 6.78. The van der Waals surface area contributed by atoms with Crippen molar-refractivity contribution in [3.05, 3.63) is 45.1 Å². The van der Waals surface area contributed by atoms with Gasteiger partial charge in [-0.25, -0.2) is 18.4 Å². The van der Waals surface area contributed by atoms with Gasteiger partial charge in [-0.3, -0.25) is 0 Å². The lowest BCUT2D eigenvalue weighted by Crippen LogP contribution is -2.30. The van der Waals surface area contributed by atoms with Gasteiger partial charge in [0.15, 0.2) is 0 Å². The number of urea groups is 1. The van der Waals surface area contributed by atoms with Crippen LogP contribution in [0.3, 0.4) is 0 Å². The Bertz CT molecular complexity index is 772. The number of anilines is 1. The Morgan fingerprint density at radius 2 is 1.91 bits per heavy atom. The number of hydrogen-bond donors (Lipinski definition) is 2. The molecule has 0 radical (unpaired) electrons. The van der Waals surface area contributed by atoms with Crippen molar-refractivity contribution in [1.82, 2.24) is 4.90 Å². The highest BCUT2D eigenvalue weighted by Gasteiger charge is 2.12. The minimum Gasteiger partial charge on any atom is -0.322 e. The molecule has 0 atom stereocenters. The number of halogens is 1. The molecule has 2 amide bonds. The number of thiophene rings is 1. The van der Waals surface area contributed by atoms with E-state index in [4.69, 9.17) is 5.14 Å². The van der Waals surface area contributed by atoms with Gasteiger partial charge in [0.1, 0.15) is 0 Å². The molecule has 0 aliphatic rings. The van der Waals surface area contributed by atoms with E-state index in [2.05, 4.69) is 21.2 Å². The summed E-state index contributed by atoms with van der Waals surface area (Å²) in [6.45, 7) is 0.483. The summed E-state index contributed by atoms with van der Waals surface area (Å²) in [6, 6.07) is 9.27. The first kappa shape index (κ1) is 16.9. The van der Waals surface area contributed by atoms with Crippen LogP contribution >= 0.6 is 27.3 Å². The smallest absolute Gasteiger partial charge is 0.321 e. The highest BCUT2D eigenvalue weighted by molar-refractivity contribution is 9.11. The fraction of sp³-hybridized carbons (Fsp3) is 0.154. The lowest BCUT2D eigenvalue weighted by Gasteiger charge is -2.17. The van der Waals surface area contributed by atoms with Gasteiger partial charge in [0.25, 0.3) is 0 Å². The van der Waals surface area contributed by atoms with E-state index in [1.807, 2.05) is 12.1 Å². The Labute approximate surface area is 141 Å². The SMILES string of the molecule is CN(Cc1ccc(Br)s1)C(=O)Nc1ccc(S(N)(=O)=O)cc1. The maximum atomic E-state index is 12.1. The van der Waals surface area contributed by atoms with Gasteiger partial charge < -0.3 is 10.2 Å². The summed E-state index contributed by atoms with van der Waals surface area (Å²) in [5, 5.41) is 7.71. The fourth-order valence-corrected chi connectivity index (χ4v) is 3.74. The van der Waals surface area contributed by atoms with Crippen LogP contribution in [0.25, 0.3) is 0 Å². The number of nitrogens with one attached hydrogen (secondary N) is 1. The van der Waals surface area contributed by atoms with Crippen LogP contribution < -0.4 is 10.5 Å². The summed E-state index contributed by atoms with van der Waals surface area (Å²) >= 11 is 4.93. The molecule has 0 saturated heterocycles. The third-order valence-electron chi connectivity index (χ3n) is 2.80. The Kier molecular flexibility index (Phi) is 5.22. The Hall–Kier alpha value is -1.42. The first-order chi connectivity index (χ1) is 10.3. The van der Waals surface area contributed by atoms with Crippen molar-refractivity contribution < 1.29 is 13.2 Å². The van der Waals surface area contributed by atoms with Crippen LogP contribution in [-0.4, -0.2) is 26.4 Å². The summed E-state index contributed by atoms with van der Waals surface area (Å²) in [6.07, 6.45) is 0. The van der Waals surface area contributed by atoms with Gasteiger partial charge in [-0.2, -0.15) is 0 Å². The molecule has 0 bridgehead atoms. The molecule has 6 nitrogen and oxygen atoms in total. The van der Waals surface area contributed by atoms with E-state index in [-0.39, 0.29) is 10.9 Å². The molecule has 22 heavy (non-hydrogen) atoms. The Morgan fingerprint density at radius 3 is 2.41 bits per heavy atom. The number of primary sulfonamides is 1. The number of hydrogen-bond acceptors (Lipinski definition) is 4. The number of sulfonamides is 1. The number of rotatable bonds is 4. The van der Waals surface area contributed by atoms with Crippen molar-refractivity contribution >= 4 is 49.0 Å². The minimum absolute atomic E-state index is 0.00212. The minimum atomic E-state index is -3.73. The van der Waals surface area contributed by atoms with E-state index in [0.29, 0.717) is 12.2 Å². The van der Waals surface area contributed by atoms with E-state index < -0.39 is 10.0 Å². The summed E-state index contributed by atoms with van der Waals surface area (Å²) in [5.74, 6) is 0. The van der Waals surface area contributed by atoms with E-state index in [0.717, 1.165) is 8.66 Å². The van der Waals surface area contributed by atoms with Gasteiger partial charge in [-0.15, -0.1) is 11.3 Å². The Balaban J connectivity index is 1.99. The van der Waals surface area contributed by atoms with Crippen LogP contribution in [0, 0.1) is 0 Å². The van der Waals surface area contributed by atoms with E-state index in [1.165, 1.54) is 29.2 Å². The molecule has 0 spiro atoms. The molecule has 0 saturated carbocycles. The molecule has 2 aromatic rings. The summed E-state index contributed by atoms with van der Waals surface area (Å²) in [7, 11) is -2.05. The van der Waals surface area contributed by atoms with Crippen molar-refractivity contribution in [2.24, 2.45) is 5.14 Å². The number of benzene rings is 1. The molecule has 1 heterocycles. The summed E-state index contributed by atoms with van der Waals surface area (Å²) < 4.78 is 23.3. The second-order valence-electron chi connectivity index (χ2n) is 4.56. The third-order valence-corrected chi connectivity index (χ3v) is 5.34. The van der Waals surface area contributed by atoms with Gasteiger partial charge in [0.05, 0.1) is 15.2 Å². The largest absolute Gasteiger partial charge is 0.322 e. The van der Waals surface area contributed by atoms with Crippen molar-refractivity contribution in [2.45, 2.75) is 11.4 Å². The van der Waals surface area contributed by atoms with E-state index in [9.17, 15) is 13.2 Å². The van der Waals surface area contributed by atoms with Gasteiger partial charge in [0, 0.05) is 17.6 Å². The molecule has 0 aliphatic carbocycles. The molecule has 0 aliphatic heterocycles. The van der Waals surface area contributed by atoms with Crippen LogP contribution in [0.2, 0.25) is 0 Å². The van der Waals surface area contributed by atoms with Crippen LogP contribution in [0.4, 0.5) is 10.5 Å². The number of carbonyl (C=O) groups is 1. The number of nitrogens with zero attached hydrogens (tertiary/aromatic N) is 1. The summed E-state index contributed by atoms with van der Waals surface area (Å²) in [5.41, 5.74) is 0.497. The summed E-state index contributed by atoms with van der Waals surface area (Å²) in [4.78, 5) is 14.7. The van der Waals surface area contributed by atoms with Crippen LogP contribution in [-0.2, 0) is 16.6 Å². The predicted octanol–water partition coefficient (Wildman–Crippen LogP) is 2.82. The van der Waals surface area contributed by atoms with Gasteiger partial charge in [0.2, 0.25) is 10.0 Å². The molecule has 0 unspecified atom stereocenters. The highest BCUT2D eigenvalue weighted by Crippen LogP contribution is 2.23. The molecule has 118 valence electrons. The average molecular weight is 404 g/mol. The monoisotopic (exact) mass is 403 g/mol. The molecule has 3 N–H and O–H groups in total. The molecule has 2 rings (SSSR count). The number of nitrogens with two attached hydrogens (primary N) is 1. The fourth-order valence-electron chi connectivity index (χ4n) is 1.69. The van der Waals surface area contributed by atoms with Crippen molar-refractivity contribution in [3.8, 4) is 0 Å². The van der Waals surface area contributed by atoms with Crippen LogP contribution in [0.5, 0.6) is 0 Å². The van der Waals surface area contributed by atoms with Gasteiger partial charge >= 0.3 is 6.03 Å². The van der Waals surface area contributed by atoms with Gasteiger partial charge in [-0.1, -0.05) is 0 Å². The molecule has 0 fully saturated rings. The molecule has 9 heteroatoms. The molecule has 1 aromatic heterocycles. The van der Waals surface area contributed by atoms with Crippen molar-refractivity contribution in [2.75, 3.05) is 12.4 Å². The molecular weight excluding hydrogens is 390 g/mol. The second-order valence-corrected chi connectivity index (χ2v) is 8.67. The predicted molar refractivity (Wildman–Crippen MR) is 90.3 cm³/mol.